The van der Waals surface area contributed by atoms with Gasteiger partial charge in [-0.1, -0.05) is 20.3 Å². The lowest BCUT2D eigenvalue weighted by atomic mass is 10.1. The van der Waals surface area contributed by atoms with Crippen LogP contribution in [0.4, 0.5) is 10.1 Å². The van der Waals surface area contributed by atoms with Crippen LogP contribution in [0.1, 0.15) is 61.1 Å². The Kier molecular flexibility index (Phi) is 5.84. The normalized spacial score (nSPS) is 18.4. The fraction of sp³-hybridized carbons (Fsp3) is 0.458. The lowest BCUT2D eigenvalue weighted by Crippen LogP contribution is -2.32. The first kappa shape index (κ1) is 20.5. The number of carbonyl (C=O) groups excluding carboxylic acids is 2. The first-order valence-electron chi connectivity index (χ1n) is 10.7. The van der Waals surface area contributed by atoms with Crippen LogP contribution in [0.15, 0.2) is 30.5 Å². The molecule has 1 fully saturated rings. The van der Waals surface area contributed by atoms with Crippen molar-refractivity contribution in [2.24, 2.45) is 5.92 Å². The van der Waals surface area contributed by atoms with E-state index in [0.717, 1.165) is 18.5 Å². The average Bonchev–Trinajstić information content (AvgIpc) is 3.26. The number of fused-ring (bicyclic) bond motifs is 1. The summed E-state index contributed by atoms with van der Waals surface area (Å²) in [6.45, 7) is 4.85. The summed E-state index contributed by atoms with van der Waals surface area (Å²) in [5.74, 6) is 0.535. The Bertz CT molecular complexity index is 956. The second-order valence-electron chi connectivity index (χ2n) is 8.53. The molecule has 1 aliphatic heterocycles. The van der Waals surface area contributed by atoms with Crippen molar-refractivity contribution in [1.29, 1.82) is 0 Å². The molecule has 2 heterocycles. The monoisotopic (exact) mass is 410 g/mol. The number of halogens is 1. The molecule has 2 aliphatic rings. The third-order valence-electron chi connectivity index (χ3n) is 5.84. The summed E-state index contributed by atoms with van der Waals surface area (Å²) in [6, 6.07) is 6.78. The number of Topliss-reactive ketones (excluding diaryl/α,β-unsaturated/α-hetero) is 1. The number of aromatic nitrogens is 1. The van der Waals surface area contributed by atoms with E-state index in [0.29, 0.717) is 54.3 Å². The number of nitrogens with zero attached hydrogens (tertiary/aromatic N) is 2. The van der Waals surface area contributed by atoms with Crippen molar-refractivity contribution < 1.29 is 18.7 Å². The second-order valence-corrected chi connectivity index (χ2v) is 8.53. The van der Waals surface area contributed by atoms with Gasteiger partial charge in [-0.3, -0.25) is 14.6 Å². The predicted octanol–water partition coefficient (Wildman–Crippen LogP) is 4.51. The first-order chi connectivity index (χ1) is 14.4. The molecule has 1 aromatic carbocycles. The Balaban J connectivity index is 1.40. The van der Waals surface area contributed by atoms with Crippen molar-refractivity contribution in [3.63, 3.8) is 0 Å². The third-order valence-corrected chi connectivity index (χ3v) is 5.84. The lowest BCUT2D eigenvalue weighted by molar-refractivity contribution is -0.122. The summed E-state index contributed by atoms with van der Waals surface area (Å²) in [4.78, 5) is 30.8. The molecule has 1 unspecified atom stereocenters. The highest BCUT2D eigenvalue weighted by Crippen LogP contribution is 2.32. The van der Waals surface area contributed by atoms with Crippen molar-refractivity contribution in [2.75, 3.05) is 11.4 Å². The molecule has 1 aliphatic carbocycles. The summed E-state index contributed by atoms with van der Waals surface area (Å²) in [5, 5.41) is 0. The van der Waals surface area contributed by atoms with E-state index in [-0.39, 0.29) is 11.7 Å². The van der Waals surface area contributed by atoms with Gasteiger partial charge >= 0.3 is 0 Å². The number of ketones is 1. The molecule has 1 amide bonds. The van der Waals surface area contributed by atoms with Crippen molar-refractivity contribution in [1.82, 2.24) is 4.98 Å². The highest BCUT2D eigenvalue weighted by atomic mass is 19.1. The fourth-order valence-corrected chi connectivity index (χ4v) is 4.16. The minimum absolute atomic E-state index is 0.0650. The van der Waals surface area contributed by atoms with Crippen LogP contribution in [0.2, 0.25) is 0 Å². The number of aryl methyl sites for hydroxylation is 1. The van der Waals surface area contributed by atoms with Crippen LogP contribution in [0.25, 0.3) is 0 Å². The van der Waals surface area contributed by atoms with Gasteiger partial charge in [-0.25, -0.2) is 4.39 Å². The smallest absolute Gasteiger partial charge is 0.268 e. The zero-order valence-corrected chi connectivity index (χ0v) is 17.5. The molecular weight excluding hydrogens is 383 g/mol. The number of benzene rings is 1. The highest BCUT2D eigenvalue weighted by molar-refractivity contribution is 6.04. The van der Waals surface area contributed by atoms with Crippen molar-refractivity contribution in [3.8, 4) is 5.75 Å². The van der Waals surface area contributed by atoms with Crippen LogP contribution < -0.4 is 9.64 Å². The highest BCUT2D eigenvalue weighted by Gasteiger charge is 2.36. The minimum Gasteiger partial charge on any atom is -0.479 e. The zero-order valence-electron chi connectivity index (χ0n) is 17.5. The Morgan fingerprint density at radius 3 is 2.80 bits per heavy atom. The van der Waals surface area contributed by atoms with Gasteiger partial charge in [-0.05, 0) is 55.0 Å². The van der Waals surface area contributed by atoms with Crippen LogP contribution in [0.3, 0.4) is 0 Å². The topological polar surface area (TPSA) is 59.5 Å². The minimum atomic E-state index is -0.634. The molecule has 4 rings (SSSR count). The number of hydrogen-bond acceptors (Lipinski definition) is 4. The van der Waals surface area contributed by atoms with Crippen molar-refractivity contribution in [2.45, 2.75) is 58.5 Å². The van der Waals surface area contributed by atoms with E-state index in [1.165, 1.54) is 17.4 Å². The number of ether oxygens (including phenoxy) is 1. The molecule has 158 valence electrons. The standard InChI is InChI=1S/C24H27FN2O3/c1-15(2)4-3-5-16-6-7-18(14-26-16)30-23-10-11-27(24(23)29)17-12-20-19(21(25)13-17)8-9-22(20)28/h6-7,12-15,23H,3-5,8-11H2,1-2H3. The molecule has 1 atom stereocenters. The van der Waals surface area contributed by atoms with Crippen LogP contribution in [0, 0.1) is 11.7 Å². The third kappa shape index (κ3) is 4.23. The van der Waals surface area contributed by atoms with Gasteiger partial charge in [0.25, 0.3) is 5.91 Å². The van der Waals surface area contributed by atoms with Crippen LogP contribution in [-0.2, 0) is 17.6 Å². The van der Waals surface area contributed by atoms with Gasteiger partial charge in [-0.2, -0.15) is 0 Å². The molecule has 0 radical (unpaired) electrons. The number of pyridine rings is 1. The summed E-state index contributed by atoms with van der Waals surface area (Å²) >= 11 is 0. The Morgan fingerprint density at radius 2 is 2.07 bits per heavy atom. The largest absolute Gasteiger partial charge is 0.479 e. The van der Waals surface area contributed by atoms with Gasteiger partial charge in [0, 0.05) is 36.3 Å². The molecule has 30 heavy (non-hydrogen) atoms. The number of rotatable bonds is 7. The SMILES string of the molecule is CC(C)CCCc1ccc(OC2CCN(c3cc(F)c4c(c3)C(=O)CC4)C2=O)cn1. The van der Waals surface area contributed by atoms with Crippen LogP contribution >= 0.6 is 0 Å². The van der Waals surface area contributed by atoms with E-state index < -0.39 is 11.9 Å². The number of amides is 1. The van der Waals surface area contributed by atoms with Crippen molar-refractivity contribution >= 4 is 17.4 Å². The number of hydrogen-bond donors (Lipinski definition) is 0. The molecule has 0 bridgehead atoms. The van der Waals surface area contributed by atoms with E-state index in [9.17, 15) is 14.0 Å². The molecule has 0 spiro atoms. The lowest BCUT2D eigenvalue weighted by Gasteiger charge is -2.18. The van der Waals surface area contributed by atoms with Crippen LogP contribution in [-0.4, -0.2) is 29.3 Å². The number of carbonyl (C=O) groups is 2. The summed E-state index contributed by atoms with van der Waals surface area (Å²) in [5.41, 5.74) is 2.30. The molecule has 1 aromatic heterocycles. The molecule has 1 saturated heterocycles. The first-order valence-corrected chi connectivity index (χ1v) is 10.7. The molecule has 0 saturated carbocycles. The van der Waals surface area contributed by atoms with Gasteiger partial charge in [-0.15, -0.1) is 0 Å². The summed E-state index contributed by atoms with van der Waals surface area (Å²) in [6.07, 6.45) is 5.48. The van der Waals surface area contributed by atoms with E-state index in [4.69, 9.17) is 4.74 Å². The molecular formula is C24H27FN2O3. The van der Waals surface area contributed by atoms with E-state index in [1.54, 1.807) is 12.3 Å². The van der Waals surface area contributed by atoms with E-state index >= 15 is 0 Å². The zero-order chi connectivity index (χ0) is 21.3. The Hall–Kier alpha value is -2.76. The summed E-state index contributed by atoms with van der Waals surface area (Å²) in [7, 11) is 0. The van der Waals surface area contributed by atoms with Gasteiger partial charge in [0.1, 0.15) is 11.6 Å². The molecule has 5 nitrogen and oxygen atoms in total. The fourth-order valence-electron chi connectivity index (χ4n) is 4.16. The number of anilines is 1. The predicted molar refractivity (Wildman–Crippen MR) is 112 cm³/mol. The Morgan fingerprint density at radius 1 is 1.23 bits per heavy atom. The maximum atomic E-state index is 14.4. The van der Waals surface area contributed by atoms with Crippen LogP contribution in [0.5, 0.6) is 5.75 Å². The van der Waals surface area contributed by atoms with Crippen molar-refractivity contribution in [3.05, 3.63) is 53.1 Å². The van der Waals surface area contributed by atoms with E-state index in [1.807, 2.05) is 12.1 Å². The maximum Gasteiger partial charge on any atom is 0.268 e. The average molecular weight is 410 g/mol. The molecule has 6 heteroatoms. The Labute approximate surface area is 176 Å². The molecule has 2 aromatic rings. The van der Waals surface area contributed by atoms with Gasteiger partial charge in [0.15, 0.2) is 11.9 Å². The summed E-state index contributed by atoms with van der Waals surface area (Å²) < 4.78 is 20.3. The molecule has 0 N–H and O–H groups in total. The van der Waals surface area contributed by atoms with Gasteiger partial charge in [0.2, 0.25) is 0 Å². The quantitative estimate of drug-likeness (QED) is 0.674. The maximum absolute atomic E-state index is 14.4. The van der Waals surface area contributed by atoms with E-state index in [2.05, 4.69) is 18.8 Å². The van der Waals surface area contributed by atoms with Gasteiger partial charge in [0.05, 0.1) is 6.20 Å². The second kappa shape index (κ2) is 8.54. The van der Waals surface area contributed by atoms with Gasteiger partial charge < -0.3 is 9.64 Å².